The van der Waals surface area contributed by atoms with Crippen LogP contribution in [0, 0.1) is 9.56 Å². The zero-order valence-electron chi connectivity index (χ0n) is 28.4. The van der Waals surface area contributed by atoms with E-state index in [1.54, 1.807) is 0 Å². The van der Waals surface area contributed by atoms with Gasteiger partial charge in [0.05, 0.1) is 41.8 Å². The third-order valence-electron chi connectivity index (χ3n) is 7.28. The summed E-state index contributed by atoms with van der Waals surface area (Å²) in [5.41, 5.74) is 0. The number of rotatable bonds is 10. The normalized spacial score (nSPS) is 14.0. The van der Waals surface area contributed by atoms with Gasteiger partial charge in [-0.05, 0) is 72.8 Å². The summed E-state index contributed by atoms with van der Waals surface area (Å²) in [6, 6.07) is 64.3. The minimum absolute atomic E-state index is 0.0146. The van der Waals surface area contributed by atoms with E-state index >= 15 is 0 Å². The lowest BCUT2D eigenvalue weighted by Crippen LogP contribution is -2.60. The quantitative estimate of drug-likeness (QED) is 0.105. The topological polar surface area (TPSA) is 128 Å². The molecule has 0 heterocycles. The van der Waals surface area contributed by atoms with Crippen molar-refractivity contribution in [1.29, 1.82) is 9.56 Å². The van der Waals surface area contributed by atoms with Gasteiger partial charge in [0.2, 0.25) is 0 Å². The molecule has 55 heavy (non-hydrogen) atoms. The molecule has 0 aliphatic rings. The largest absolute Gasteiger partial charge is 0.760 e. The molecule has 16 heteroatoms. The molecule has 2 N–H and O–H groups in total. The van der Waals surface area contributed by atoms with E-state index in [4.69, 9.17) is 9.56 Å². The van der Waals surface area contributed by atoms with Gasteiger partial charge in [-0.1, -0.05) is 109 Å². The Hall–Kier alpha value is -4.58. The molecule has 0 aliphatic carbocycles. The van der Waals surface area contributed by atoms with Crippen molar-refractivity contribution in [3.63, 3.8) is 0 Å². The maximum absolute atomic E-state index is 12.5. The van der Waals surface area contributed by atoms with Crippen molar-refractivity contribution in [2.24, 2.45) is 0 Å². The Balaban J connectivity index is 0.000000184. The zero-order chi connectivity index (χ0) is 40.3. The molecule has 0 amide bonds. The lowest BCUT2D eigenvalue weighted by atomic mass is 10.3. The van der Waals surface area contributed by atoms with Gasteiger partial charge in [0.1, 0.15) is 0 Å². The second-order valence-electron chi connectivity index (χ2n) is 11.1. The smallest absolute Gasteiger partial charge is 0.395 e. The fourth-order valence-electron chi connectivity index (χ4n) is 4.66. The van der Waals surface area contributed by atoms with E-state index < -0.39 is 36.5 Å². The second-order valence-corrected chi connectivity index (χ2v) is 18.2. The number of halogens is 6. The Morgan fingerprint density at radius 1 is 0.364 bits per heavy atom. The molecule has 0 bridgehead atoms. The van der Waals surface area contributed by atoms with E-state index in [1.165, 1.54) is 29.4 Å². The molecular weight excluding hydrogens is 803 g/mol. The molecule has 2 atom stereocenters. The first-order valence-electron chi connectivity index (χ1n) is 15.8. The molecule has 6 nitrogen and oxygen atoms in total. The summed E-state index contributed by atoms with van der Waals surface area (Å²) in [7, 11) is -13.6. The minimum atomic E-state index is -6.96. The van der Waals surface area contributed by atoms with Crippen molar-refractivity contribution in [2.45, 2.75) is 45.8 Å². The molecule has 0 fully saturated rings. The molecule has 6 aromatic rings. The highest BCUT2D eigenvalue weighted by Crippen LogP contribution is 2.50. The van der Waals surface area contributed by atoms with E-state index in [0.717, 1.165) is 0 Å². The monoisotopic (exact) mass is 834 g/mol. The Bertz CT molecular complexity index is 1950. The van der Waals surface area contributed by atoms with Gasteiger partial charge in [-0.25, -0.2) is 0 Å². The highest BCUT2D eigenvalue weighted by atomic mass is 32.2. The lowest BCUT2D eigenvalue weighted by Gasteiger charge is -2.37. The Kier molecular flexibility index (Phi) is 14.4. The van der Waals surface area contributed by atoms with E-state index in [0.29, 0.717) is 0 Å². The molecule has 6 aromatic carbocycles. The summed E-state index contributed by atoms with van der Waals surface area (Å²) in [5, 5.41) is -13.3. The molecule has 0 spiro atoms. The van der Waals surface area contributed by atoms with E-state index in [-0.39, 0.29) is 21.8 Å². The van der Waals surface area contributed by atoms with Crippen molar-refractivity contribution >= 4 is 41.8 Å². The van der Waals surface area contributed by atoms with E-state index in [2.05, 4.69) is 182 Å². The van der Waals surface area contributed by atoms with Crippen LogP contribution in [0.4, 0.5) is 26.3 Å². The molecule has 0 saturated heterocycles. The molecule has 0 aliphatic heterocycles. The molecule has 288 valence electrons. The number of hydrogen-bond acceptors (Lipinski definition) is 6. The Morgan fingerprint density at radius 3 is 0.636 bits per heavy atom. The fourth-order valence-corrected chi connectivity index (χ4v) is 9.87. The number of benzene rings is 6. The first-order chi connectivity index (χ1) is 25.9. The van der Waals surface area contributed by atoms with Crippen LogP contribution in [0.25, 0.3) is 0 Å². The number of nitrogens with one attached hydrogen (secondary N) is 2. The number of hydrogen-bond donors (Lipinski definition) is 2. The zero-order valence-corrected chi connectivity index (χ0v) is 31.6. The van der Waals surface area contributed by atoms with Crippen molar-refractivity contribution < 1.29 is 43.9 Å². The SMILES string of the molecule is N=S(=O)([O-])C(F)(F)C(F)(F)C(F)(F)S(=N)(=O)[O-].c1ccc([S+](c2ccccc2)c2ccccc2)cc1.c1ccc([S+](c2ccccc2)c2ccccc2)cc1. The van der Waals surface area contributed by atoms with Crippen LogP contribution in [-0.4, -0.2) is 34.0 Å². The third-order valence-corrected chi connectivity index (χ3v) is 13.6. The average Bonchev–Trinajstić information content (AvgIpc) is 3.17. The maximum Gasteiger partial charge on any atom is 0.395 e. The highest BCUT2D eigenvalue weighted by Gasteiger charge is 2.75. The van der Waals surface area contributed by atoms with Crippen molar-refractivity contribution in [3.8, 4) is 0 Å². The second kappa shape index (κ2) is 18.4. The van der Waals surface area contributed by atoms with Crippen LogP contribution in [0.5, 0.6) is 0 Å². The van der Waals surface area contributed by atoms with Gasteiger partial charge < -0.3 is 9.11 Å². The molecule has 0 radical (unpaired) electrons. The van der Waals surface area contributed by atoms with Crippen LogP contribution in [0.3, 0.4) is 0 Å². The highest BCUT2D eigenvalue weighted by molar-refractivity contribution is 7.97. The predicted molar refractivity (Wildman–Crippen MR) is 201 cm³/mol. The van der Waals surface area contributed by atoms with Gasteiger partial charge >= 0.3 is 16.4 Å². The lowest BCUT2D eigenvalue weighted by molar-refractivity contribution is -0.246. The Labute approximate surface area is 321 Å². The van der Waals surface area contributed by atoms with Crippen molar-refractivity contribution in [1.82, 2.24) is 0 Å². The summed E-state index contributed by atoms with van der Waals surface area (Å²) in [4.78, 5) is 8.17. The predicted octanol–water partition coefficient (Wildman–Crippen LogP) is 10.7. The first-order valence-corrected chi connectivity index (χ1v) is 21.2. The van der Waals surface area contributed by atoms with E-state index in [1.807, 2.05) is 0 Å². The van der Waals surface area contributed by atoms with Crippen LogP contribution in [0.15, 0.2) is 211 Å². The molecule has 0 aromatic heterocycles. The van der Waals surface area contributed by atoms with Gasteiger partial charge in [0.25, 0.3) is 0 Å². The molecule has 6 rings (SSSR count). The van der Waals surface area contributed by atoms with Crippen molar-refractivity contribution in [2.75, 3.05) is 0 Å². The Morgan fingerprint density at radius 2 is 0.509 bits per heavy atom. The summed E-state index contributed by atoms with van der Waals surface area (Å²) in [6.07, 6.45) is 0. The van der Waals surface area contributed by atoms with Crippen LogP contribution >= 0.6 is 0 Å². The minimum Gasteiger partial charge on any atom is -0.760 e. The van der Waals surface area contributed by atoms with Gasteiger partial charge in [-0.2, -0.15) is 26.3 Å². The molecule has 2 unspecified atom stereocenters. The van der Waals surface area contributed by atoms with Gasteiger partial charge in [0, 0.05) is 0 Å². The summed E-state index contributed by atoms with van der Waals surface area (Å²) < 4.78 is 125. The summed E-state index contributed by atoms with van der Waals surface area (Å²) in [6.45, 7) is 0. The fraction of sp³-hybridized carbons (Fsp3) is 0.0769. The first kappa shape index (κ1) is 43.2. The number of alkyl halides is 6. The van der Waals surface area contributed by atoms with Crippen LogP contribution < -0.4 is 0 Å². The third kappa shape index (κ3) is 10.4. The standard InChI is InChI=1S/2C18H15S.C3H4F6N2O4S2/c2*1-4-10-16(11-5-1)19(17-12-6-2-7-13-17)18-14-8-3-9-15-18;4-1(5,2(6,7)16(10,12)13)3(8,9)17(11,14)15/h2*1-15H;(H2,10,12,13)(H2,11,14,15)/q2*+1;/p-2. The van der Waals surface area contributed by atoms with Crippen molar-refractivity contribution in [3.05, 3.63) is 182 Å². The van der Waals surface area contributed by atoms with Gasteiger partial charge in [-0.15, -0.1) is 0 Å². The molecule has 0 saturated carbocycles. The average molecular weight is 835 g/mol. The van der Waals surface area contributed by atoms with Crippen LogP contribution in [0.1, 0.15) is 0 Å². The summed E-state index contributed by atoms with van der Waals surface area (Å²) in [5.74, 6) is -6.96. The molecular formula is C39H32F6N2O4S4. The van der Waals surface area contributed by atoms with E-state index in [9.17, 15) is 43.9 Å². The van der Waals surface area contributed by atoms with Crippen LogP contribution in [-0.2, 0) is 41.8 Å². The van der Waals surface area contributed by atoms with Gasteiger partial charge in [0.15, 0.2) is 29.4 Å². The maximum atomic E-state index is 12.5. The van der Waals surface area contributed by atoms with Gasteiger partial charge in [-0.3, -0.25) is 18.0 Å². The van der Waals surface area contributed by atoms with Crippen LogP contribution in [0.2, 0.25) is 0 Å². The summed E-state index contributed by atoms with van der Waals surface area (Å²) >= 11 is 0.